The van der Waals surface area contributed by atoms with Crippen molar-refractivity contribution < 1.29 is 8.42 Å². The van der Waals surface area contributed by atoms with Gasteiger partial charge in [0.2, 0.25) is 10.0 Å². The maximum atomic E-state index is 12.5. The highest BCUT2D eigenvalue weighted by atomic mass is 32.2. The van der Waals surface area contributed by atoms with Crippen LogP contribution in [0.1, 0.15) is 18.4 Å². The van der Waals surface area contributed by atoms with E-state index in [1.807, 2.05) is 19.2 Å². The predicted molar refractivity (Wildman–Crippen MR) is 84.6 cm³/mol. The van der Waals surface area contributed by atoms with Crippen LogP contribution in [0.3, 0.4) is 0 Å². The van der Waals surface area contributed by atoms with E-state index in [4.69, 9.17) is 0 Å². The molecular weight excluding hydrogens is 286 g/mol. The number of hydrogen-bond donors (Lipinski definition) is 2. The van der Waals surface area contributed by atoms with Gasteiger partial charge in [-0.1, -0.05) is 18.2 Å². The fraction of sp³-hybridized carbons (Fsp3) is 0.600. The van der Waals surface area contributed by atoms with Crippen LogP contribution in [-0.2, 0) is 16.6 Å². The SMILES string of the molecule is CNCc1ccccc1S(=O)(=O)NCC1CCN(C)CC1. The smallest absolute Gasteiger partial charge is 0.240 e. The van der Waals surface area contributed by atoms with Crippen molar-refractivity contribution in [3.8, 4) is 0 Å². The van der Waals surface area contributed by atoms with Gasteiger partial charge in [-0.05, 0) is 57.6 Å². The monoisotopic (exact) mass is 311 g/mol. The molecule has 0 radical (unpaired) electrons. The molecule has 1 heterocycles. The minimum atomic E-state index is -3.43. The first-order chi connectivity index (χ1) is 10.0. The van der Waals surface area contributed by atoms with Crippen LogP contribution < -0.4 is 10.0 Å². The van der Waals surface area contributed by atoms with Crippen molar-refractivity contribution in [2.75, 3.05) is 33.7 Å². The van der Waals surface area contributed by atoms with Crippen LogP contribution in [0.25, 0.3) is 0 Å². The first-order valence-corrected chi connectivity index (χ1v) is 8.92. The van der Waals surface area contributed by atoms with Crippen molar-refractivity contribution >= 4 is 10.0 Å². The van der Waals surface area contributed by atoms with E-state index in [9.17, 15) is 8.42 Å². The first kappa shape index (κ1) is 16.4. The van der Waals surface area contributed by atoms with Crippen LogP contribution in [-0.4, -0.2) is 47.0 Å². The van der Waals surface area contributed by atoms with E-state index >= 15 is 0 Å². The average molecular weight is 311 g/mol. The predicted octanol–water partition coefficient (Wildman–Crippen LogP) is 1.03. The summed E-state index contributed by atoms with van der Waals surface area (Å²) in [7, 11) is 0.491. The molecule has 21 heavy (non-hydrogen) atoms. The van der Waals surface area contributed by atoms with Crippen molar-refractivity contribution in [1.82, 2.24) is 14.9 Å². The summed E-state index contributed by atoms with van der Waals surface area (Å²) in [5.74, 6) is 0.437. The van der Waals surface area contributed by atoms with E-state index < -0.39 is 10.0 Å². The van der Waals surface area contributed by atoms with Gasteiger partial charge in [-0.15, -0.1) is 0 Å². The molecule has 1 aromatic carbocycles. The van der Waals surface area contributed by atoms with E-state index in [2.05, 4.69) is 22.0 Å². The molecule has 0 aliphatic carbocycles. The lowest BCUT2D eigenvalue weighted by Crippen LogP contribution is -2.37. The van der Waals surface area contributed by atoms with E-state index in [1.54, 1.807) is 12.1 Å². The number of likely N-dealkylation sites (tertiary alicyclic amines) is 1. The average Bonchev–Trinajstić information content (AvgIpc) is 2.47. The highest BCUT2D eigenvalue weighted by molar-refractivity contribution is 7.89. The number of piperidine rings is 1. The summed E-state index contributed by atoms with van der Waals surface area (Å²) >= 11 is 0. The Morgan fingerprint density at radius 1 is 1.24 bits per heavy atom. The Morgan fingerprint density at radius 3 is 2.57 bits per heavy atom. The number of nitrogens with one attached hydrogen (secondary N) is 2. The zero-order valence-corrected chi connectivity index (χ0v) is 13.6. The van der Waals surface area contributed by atoms with Crippen LogP contribution in [0.15, 0.2) is 29.2 Å². The van der Waals surface area contributed by atoms with Gasteiger partial charge < -0.3 is 10.2 Å². The fourth-order valence-electron chi connectivity index (χ4n) is 2.67. The van der Waals surface area contributed by atoms with Gasteiger partial charge in [-0.3, -0.25) is 0 Å². The highest BCUT2D eigenvalue weighted by Gasteiger charge is 2.21. The fourth-order valence-corrected chi connectivity index (χ4v) is 4.03. The summed E-state index contributed by atoms with van der Waals surface area (Å²) in [5.41, 5.74) is 0.802. The van der Waals surface area contributed by atoms with Crippen LogP contribution in [0.4, 0.5) is 0 Å². The van der Waals surface area contributed by atoms with Crippen LogP contribution in [0, 0.1) is 5.92 Å². The number of nitrogens with zero attached hydrogens (tertiary/aromatic N) is 1. The summed E-state index contributed by atoms with van der Waals surface area (Å²) < 4.78 is 27.8. The third-order valence-electron chi connectivity index (χ3n) is 4.03. The van der Waals surface area contributed by atoms with E-state index in [-0.39, 0.29) is 0 Å². The zero-order chi connectivity index (χ0) is 15.3. The molecule has 0 spiro atoms. The van der Waals surface area contributed by atoms with Gasteiger partial charge in [0.05, 0.1) is 4.90 Å². The van der Waals surface area contributed by atoms with Crippen molar-refractivity contribution in [3.05, 3.63) is 29.8 Å². The molecule has 0 aromatic heterocycles. The third kappa shape index (κ3) is 4.51. The Morgan fingerprint density at radius 2 is 1.90 bits per heavy atom. The molecule has 2 N–H and O–H groups in total. The van der Waals surface area contributed by atoms with Gasteiger partial charge in [0, 0.05) is 13.1 Å². The molecule has 1 aliphatic heterocycles. The van der Waals surface area contributed by atoms with E-state index in [0.29, 0.717) is 23.9 Å². The molecule has 1 aromatic rings. The van der Waals surface area contributed by atoms with Gasteiger partial charge >= 0.3 is 0 Å². The van der Waals surface area contributed by atoms with Crippen molar-refractivity contribution in [1.29, 1.82) is 0 Å². The molecule has 0 saturated carbocycles. The Labute approximate surface area is 127 Å². The number of hydrogen-bond acceptors (Lipinski definition) is 4. The van der Waals surface area contributed by atoms with E-state index in [1.165, 1.54) is 0 Å². The Kier molecular flexibility index (Phi) is 5.75. The number of rotatable bonds is 6. The summed E-state index contributed by atoms with van der Waals surface area (Å²) in [6.07, 6.45) is 2.11. The normalized spacial score (nSPS) is 18.0. The number of sulfonamides is 1. The molecule has 1 fully saturated rings. The second-order valence-corrected chi connectivity index (χ2v) is 7.47. The second-order valence-electron chi connectivity index (χ2n) is 5.74. The molecule has 5 nitrogen and oxygen atoms in total. The first-order valence-electron chi connectivity index (χ1n) is 7.43. The summed E-state index contributed by atoms with van der Waals surface area (Å²) in [4.78, 5) is 2.67. The minimum absolute atomic E-state index is 0.382. The molecule has 0 bridgehead atoms. The van der Waals surface area contributed by atoms with Gasteiger partial charge in [0.25, 0.3) is 0 Å². The van der Waals surface area contributed by atoms with Gasteiger partial charge in [-0.25, -0.2) is 13.1 Å². The molecule has 6 heteroatoms. The molecular formula is C15H25N3O2S. The maximum Gasteiger partial charge on any atom is 0.240 e. The zero-order valence-electron chi connectivity index (χ0n) is 12.8. The van der Waals surface area contributed by atoms with Crippen LogP contribution >= 0.6 is 0 Å². The molecule has 1 aliphatic rings. The molecule has 2 rings (SSSR count). The topological polar surface area (TPSA) is 61.4 Å². The number of benzene rings is 1. The lowest BCUT2D eigenvalue weighted by Gasteiger charge is -2.29. The van der Waals surface area contributed by atoms with E-state index in [0.717, 1.165) is 31.5 Å². The molecule has 118 valence electrons. The Balaban J connectivity index is 2.01. The van der Waals surface area contributed by atoms with Gasteiger partial charge in [0.1, 0.15) is 0 Å². The highest BCUT2D eigenvalue weighted by Crippen LogP contribution is 2.18. The van der Waals surface area contributed by atoms with Crippen molar-refractivity contribution in [2.45, 2.75) is 24.3 Å². The lowest BCUT2D eigenvalue weighted by atomic mass is 9.98. The van der Waals surface area contributed by atoms with Crippen LogP contribution in [0.5, 0.6) is 0 Å². The van der Waals surface area contributed by atoms with Crippen molar-refractivity contribution in [3.63, 3.8) is 0 Å². The largest absolute Gasteiger partial charge is 0.316 e. The van der Waals surface area contributed by atoms with Gasteiger partial charge in [-0.2, -0.15) is 0 Å². The minimum Gasteiger partial charge on any atom is -0.316 e. The standard InChI is InChI=1S/C15H25N3O2S/c1-16-12-14-5-3-4-6-15(14)21(19,20)17-11-13-7-9-18(2)10-8-13/h3-6,13,16-17H,7-12H2,1-2H3. The molecule has 0 atom stereocenters. The second kappa shape index (κ2) is 7.35. The Hall–Kier alpha value is -0.950. The lowest BCUT2D eigenvalue weighted by molar-refractivity contribution is 0.220. The summed E-state index contributed by atoms with van der Waals surface area (Å²) in [6, 6.07) is 7.15. The molecule has 0 unspecified atom stereocenters. The van der Waals surface area contributed by atoms with Crippen LogP contribution in [0.2, 0.25) is 0 Å². The molecule has 1 saturated heterocycles. The van der Waals surface area contributed by atoms with Gasteiger partial charge in [0.15, 0.2) is 0 Å². The summed E-state index contributed by atoms with van der Waals surface area (Å²) in [5, 5.41) is 3.01. The maximum absolute atomic E-state index is 12.5. The Bertz CT molecular complexity index is 552. The van der Waals surface area contributed by atoms with Crippen molar-refractivity contribution in [2.24, 2.45) is 5.92 Å². The third-order valence-corrected chi connectivity index (χ3v) is 5.55. The quantitative estimate of drug-likeness (QED) is 0.824. The summed E-state index contributed by atoms with van der Waals surface area (Å²) in [6.45, 7) is 3.17. The molecule has 0 amide bonds.